The van der Waals surface area contributed by atoms with E-state index in [1.807, 2.05) is 39.5 Å². The van der Waals surface area contributed by atoms with Crippen molar-refractivity contribution >= 4 is 29.4 Å². The molecule has 2 N–H and O–H groups in total. The van der Waals surface area contributed by atoms with E-state index < -0.39 is 11.9 Å². The second-order valence-electron chi connectivity index (χ2n) is 9.18. The number of anilines is 1. The van der Waals surface area contributed by atoms with E-state index in [1.54, 1.807) is 7.11 Å². The molecule has 1 saturated heterocycles. The van der Waals surface area contributed by atoms with Crippen molar-refractivity contribution < 1.29 is 24.2 Å². The number of methoxy groups -OCH3 is 1. The van der Waals surface area contributed by atoms with Crippen molar-refractivity contribution in [3.8, 4) is 5.75 Å². The highest BCUT2D eigenvalue weighted by Crippen LogP contribution is 2.41. The molecule has 3 rings (SSSR count). The molecule has 2 aliphatic rings. The zero-order valence-electron chi connectivity index (χ0n) is 20.3. The van der Waals surface area contributed by atoms with E-state index in [2.05, 4.69) is 16.3 Å². The van der Waals surface area contributed by atoms with Crippen LogP contribution < -0.4 is 10.1 Å². The monoisotopic (exact) mass is 476 g/mol. The van der Waals surface area contributed by atoms with Gasteiger partial charge in [0.15, 0.2) is 0 Å². The van der Waals surface area contributed by atoms with E-state index >= 15 is 0 Å². The summed E-state index contributed by atoms with van der Waals surface area (Å²) in [6, 6.07) is 0.124. The van der Waals surface area contributed by atoms with Crippen LogP contribution in [0.1, 0.15) is 60.7 Å². The number of carbonyl (C=O) groups excluding carboxylic acids is 1. The molecule has 0 saturated carbocycles. The summed E-state index contributed by atoms with van der Waals surface area (Å²) in [4.78, 5) is 26.7. The van der Waals surface area contributed by atoms with Crippen molar-refractivity contribution in [1.29, 1.82) is 0 Å². The molecule has 0 aliphatic carbocycles. The Labute approximate surface area is 200 Å². The maximum absolute atomic E-state index is 12.5. The van der Waals surface area contributed by atoms with Crippen molar-refractivity contribution in [1.82, 2.24) is 4.90 Å². The maximum atomic E-state index is 12.5. The molecule has 7 nitrogen and oxygen atoms in total. The highest BCUT2D eigenvalue weighted by Gasteiger charge is 2.32. The van der Waals surface area contributed by atoms with Crippen LogP contribution >= 0.6 is 11.8 Å². The average molecular weight is 477 g/mol. The highest BCUT2D eigenvalue weighted by atomic mass is 32.2. The lowest BCUT2D eigenvalue weighted by Gasteiger charge is -2.22. The maximum Gasteiger partial charge on any atom is 0.341 e. The van der Waals surface area contributed by atoms with Gasteiger partial charge in [0.1, 0.15) is 12.4 Å². The Bertz CT molecular complexity index is 922. The summed E-state index contributed by atoms with van der Waals surface area (Å²) >= 11 is 1.90. The Hall–Kier alpha value is -2.19. The second-order valence-corrected chi connectivity index (χ2v) is 10.3. The summed E-state index contributed by atoms with van der Waals surface area (Å²) < 4.78 is 11.1. The Morgan fingerprint density at radius 1 is 1.39 bits per heavy atom. The Balaban J connectivity index is 1.83. The molecule has 33 heavy (non-hydrogen) atoms. The molecule has 1 fully saturated rings. The molecule has 1 aromatic rings. The van der Waals surface area contributed by atoms with Crippen LogP contribution in [0.5, 0.6) is 5.75 Å². The van der Waals surface area contributed by atoms with Crippen molar-refractivity contribution in [3.63, 3.8) is 0 Å². The number of cyclic esters (lactones) is 1. The summed E-state index contributed by atoms with van der Waals surface area (Å²) in [5.74, 6) is 1.41. The summed E-state index contributed by atoms with van der Waals surface area (Å²) in [7, 11) is 1.64. The molecular formula is C25H36N2O5S. The smallest absolute Gasteiger partial charge is 0.341 e. The van der Waals surface area contributed by atoms with Gasteiger partial charge >= 0.3 is 11.9 Å². The number of carboxylic acids is 1. The fraction of sp³-hybridized carbons (Fsp3) is 0.600. The first-order valence-corrected chi connectivity index (χ1v) is 12.7. The number of carbonyl (C=O) groups is 2. The van der Waals surface area contributed by atoms with Gasteiger partial charge in [-0.25, -0.2) is 4.79 Å². The molecule has 0 aromatic heterocycles. The van der Waals surface area contributed by atoms with Crippen LogP contribution in [-0.4, -0.2) is 59.8 Å². The first kappa shape index (κ1) is 25.4. The van der Waals surface area contributed by atoms with Gasteiger partial charge in [0.05, 0.1) is 24.3 Å². The van der Waals surface area contributed by atoms with Gasteiger partial charge in [0.2, 0.25) is 0 Å². The quantitative estimate of drug-likeness (QED) is 0.357. The lowest BCUT2D eigenvalue weighted by molar-refractivity contribution is -0.142. The number of esters is 1. The minimum Gasteiger partial charge on any atom is -0.496 e. The number of rotatable bonds is 11. The average Bonchev–Trinajstić information content (AvgIpc) is 3.41. The number of hydrogen-bond donors (Lipinski definition) is 2. The molecular weight excluding hydrogens is 440 g/mol. The van der Waals surface area contributed by atoms with Crippen LogP contribution in [0.2, 0.25) is 0 Å². The van der Waals surface area contributed by atoms with Gasteiger partial charge in [-0.05, 0) is 59.1 Å². The predicted octanol–water partition coefficient (Wildman–Crippen LogP) is 4.47. The second kappa shape index (κ2) is 11.3. The molecule has 0 radical (unpaired) electrons. The molecule has 0 spiro atoms. The van der Waals surface area contributed by atoms with Crippen LogP contribution in [0, 0.1) is 12.8 Å². The van der Waals surface area contributed by atoms with Crippen molar-refractivity contribution in [2.75, 3.05) is 37.1 Å². The van der Waals surface area contributed by atoms with Crippen LogP contribution in [0.15, 0.2) is 11.6 Å². The van der Waals surface area contributed by atoms with E-state index in [9.17, 15) is 14.7 Å². The number of allylic oxidation sites excluding steroid dienone is 2. The molecule has 2 aliphatic heterocycles. The van der Waals surface area contributed by atoms with Crippen LogP contribution in [0.25, 0.3) is 0 Å². The fourth-order valence-corrected chi connectivity index (χ4v) is 5.56. The number of benzene rings is 1. The predicted molar refractivity (Wildman–Crippen MR) is 132 cm³/mol. The van der Waals surface area contributed by atoms with Gasteiger partial charge in [-0.1, -0.05) is 11.6 Å². The van der Waals surface area contributed by atoms with Crippen molar-refractivity contribution in [3.05, 3.63) is 33.9 Å². The number of thioether (sulfide) groups is 1. The third kappa shape index (κ3) is 6.03. The minimum atomic E-state index is -0.745. The summed E-state index contributed by atoms with van der Waals surface area (Å²) in [5.41, 5.74) is 5.07. The van der Waals surface area contributed by atoms with Crippen molar-refractivity contribution in [2.45, 2.75) is 59.6 Å². The Morgan fingerprint density at radius 3 is 2.76 bits per heavy atom. The van der Waals surface area contributed by atoms with E-state index in [1.165, 1.54) is 0 Å². The lowest BCUT2D eigenvalue weighted by atomic mass is 9.92. The molecule has 0 amide bonds. The summed E-state index contributed by atoms with van der Waals surface area (Å²) in [6.45, 7) is 10.1. The van der Waals surface area contributed by atoms with Crippen LogP contribution in [0.3, 0.4) is 0 Å². The largest absolute Gasteiger partial charge is 0.496 e. The fourth-order valence-electron chi connectivity index (χ4n) is 4.53. The minimum absolute atomic E-state index is 0.124. The van der Waals surface area contributed by atoms with E-state index in [0.717, 1.165) is 58.4 Å². The van der Waals surface area contributed by atoms with Gasteiger partial charge in [0.25, 0.3) is 0 Å². The van der Waals surface area contributed by atoms with Crippen molar-refractivity contribution in [2.24, 2.45) is 5.92 Å². The van der Waals surface area contributed by atoms with Gasteiger partial charge in [0, 0.05) is 35.3 Å². The molecule has 0 bridgehead atoms. The van der Waals surface area contributed by atoms with Gasteiger partial charge in [-0.3, -0.25) is 9.69 Å². The SMILES string of the molecule is COc1c(C)c2c(c(NC(C)C)c1C/C=C(\C)CC(CCN1CCSC1)C(=O)O)C(=O)OC2. The van der Waals surface area contributed by atoms with E-state index in [4.69, 9.17) is 9.47 Å². The molecule has 182 valence electrons. The number of ether oxygens (including phenoxy) is 2. The zero-order valence-corrected chi connectivity index (χ0v) is 21.1. The summed E-state index contributed by atoms with van der Waals surface area (Å²) in [6.07, 6.45) is 3.77. The van der Waals surface area contributed by atoms with E-state index in [0.29, 0.717) is 24.8 Å². The molecule has 8 heteroatoms. The van der Waals surface area contributed by atoms with Crippen LogP contribution in [0.4, 0.5) is 5.69 Å². The number of nitrogens with one attached hydrogen (secondary N) is 1. The lowest BCUT2D eigenvalue weighted by Crippen LogP contribution is -2.25. The topological polar surface area (TPSA) is 88.1 Å². The van der Waals surface area contributed by atoms with Gasteiger partial charge < -0.3 is 19.9 Å². The third-order valence-corrected chi connectivity index (χ3v) is 7.32. The number of carboxylic acid groups (broad SMARTS) is 1. The first-order valence-electron chi connectivity index (χ1n) is 11.6. The molecule has 2 heterocycles. The summed E-state index contributed by atoms with van der Waals surface area (Å²) in [5, 5.41) is 13.2. The highest BCUT2D eigenvalue weighted by molar-refractivity contribution is 7.99. The standard InChI is InChI=1S/C25H36N2O5S/c1-15(2)26-22-19(23(31-5)17(4)20-13-32-25(30)21(20)22)7-6-16(3)12-18(24(28)29)8-9-27-10-11-33-14-27/h6,15,18,26H,7-14H2,1-5H3,(H,28,29)/b16-6+. The molecule has 1 aromatic carbocycles. The Kier molecular flexibility index (Phi) is 8.70. The number of fused-ring (bicyclic) bond motifs is 1. The Morgan fingerprint density at radius 2 is 2.15 bits per heavy atom. The molecule has 1 unspecified atom stereocenters. The number of nitrogens with zero attached hydrogens (tertiary/aromatic N) is 1. The third-order valence-electron chi connectivity index (χ3n) is 6.30. The van der Waals surface area contributed by atoms with Gasteiger partial charge in [-0.15, -0.1) is 11.8 Å². The zero-order chi connectivity index (χ0) is 24.1. The van der Waals surface area contributed by atoms with Crippen LogP contribution in [-0.2, 0) is 22.6 Å². The van der Waals surface area contributed by atoms with Gasteiger partial charge in [-0.2, -0.15) is 0 Å². The first-order chi connectivity index (χ1) is 15.7. The normalized spacial score (nSPS) is 17.3. The molecule has 1 atom stereocenters. The number of hydrogen-bond acceptors (Lipinski definition) is 7. The number of aliphatic carboxylic acids is 1. The van der Waals surface area contributed by atoms with E-state index in [-0.39, 0.29) is 18.6 Å².